The van der Waals surface area contributed by atoms with Gasteiger partial charge in [-0.25, -0.2) is 4.79 Å². The summed E-state index contributed by atoms with van der Waals surface area (Å²) >= 11 is 3.38. The van der Waals surface area contributed by atoms with Crippen molar-refractivity contribution in [1.29, 1.82) is 0 Å². The molecular weight excluding hydrogens is 360 g/mol. The number of nitrogens with zero attached hydrogens (tertiary/aromatic N) is 4. The second kappa shape index (κ2) is 6.37. The Morgan fingerprint density at radius 1 is 1.04 bits per heavy atom. The molecule has 2 heterocycles. The van der Waals surface area contributed by atoms with Gasteiger partial charge in [-0.2, -0.15) is 5.10 Å². The highest BCUT2D eigenvalue weighted by Gasteiger charge is 2.08. The van der Waals surface area contributed by atoms with Crippen molar-refractivity contribution in [3.63, 3.8) is 0 Å². The van der Waals surface area contributed by atoms with E-state index in [1.54, 1.807) is 24.1 Å². The van der Waals surface area contributed by atoms with E-state index in [2.05, 4.69) is 21.0 Å². The van der Waals surface area contributed by atoms with Gasteiger partial charge in [-0.05, 0) is 17.7 Å². The molecule has 0 N–H and O–H groups in total. The van der Waals surface area contributed by atoms with E-state index in [4.69, 9.17) is 0 Å². The van der Waals surface area contributed by atoms with Gasteiger partial charge in [-0.1, -0.05) is 28.1 Å². The smallest absolute Gasteiger partial charge is 0.296 e. The fraction of sp³-hybridized carbons (Fsp3) is 0.188. The molecule has 0 saturated carbocycles. The average Bonchev–Trinajstić information content (AvgIpc) is 2.94. The van der Waals surface area contributed by atoms with Crippen molar-refractivity contribution in [2.75, 3.05) is 0 Å². The zero-order valence-electron chi connectivity index (χ0n) is 12.5. The molecule has 0 saturated heterocycles. The summed E-state index contributed by atoms with van der Waals surface area (Å²) < 4.78 is 5.37. The number of rotatable bonds is 4. The third kappa shape index (κ3) is 3.50. The number of benzene rings is 1. The topological polar surface area (TPSA) is 61.8 Å². The predicted octanol–water partition coefficient (Wildman–Crippen LogP) is 1.60. The third-order valence-electron chi connectivity index (χ3n) is 3.50. The molecule has 0 spiro atoms. The van der Waals surface area contributed by atoms with Gasteiger partial charge >= 0.3 is 5.69 Å². The highest BCUT2D eigenvalue weighted by molar-refractivity contribution is 9.10. The van der Waals surface area contributed by atoms with E-state index in [-0.39, 0.29) is 17.8 Å². The van der Waals surface area contributed by atoms with Crippen LogP contribution in [-0.2, 0) is 20.1 Å². The molecule has 6 nitrogen and oxygen atoms in total. The Kier molecular flexibility index (Phi) is 4.29. The molecule has 0 unspecified atom stereocenters. The average molecular weight is 375 g/mol. The van der Waals surface area contributed by atoms with Crippen LogP contribution in [0.4, 0.5) is 0 Å². The zero-order chi connectivity index (χ0) is 16.4. The van der Waals surface area contributed by atoms with Gasteiger partial charge in [0, 0.05) is 35.5 Å². The van der Waals surface area contributed by atoms with E-state index in [0.717, 1.165) is 15.6 Å². The van der Waals surface area contributed by atoms with Gasteiger partial charge in [-0.3, -0.25) is 18.6 Å². The maximum Gasteiger partial charge on any atom is 0.331 e. The molecule has 0 aliphatic heterocycles. The summed E-state index contributed by atoms with van der Waals surface area (Å²) in [7, 11) is 1.79. The number of hydrogen-bond acceptors (Lipinski definition) is 3. The SMILES string of the molecule is Cn1cc(Cn2c(=O)ccn(Cc3ccc(Br)cc3)c2=O)cn1. The first-order chi connectivity index (χ1) is 11.0. The minimum Gasteiger partial charge on any atom is -0.296 e. The molecule has 7 heteroatoms. The maximum atomic E-state index is 12.6. The van der Waals surface area contributed by atoms with Crippen molar-refractivity contribution in [1.82, 2.24) is 18.9 Å². The number of aromatic nitrogens is 4. The first-order valence-corrected chi connectivity index (χ1v) is 7.84. The Morgan fingerprint density at radius 2 is 1.78 bits per heavy atom. The quantitative estimate of drug-likeness (QED) is 0.696. The Morgan fingerprint density at radius 3 is 2.43 bits per heavy atom. The molecule has 2 aromatic heterocycles. The fourth-order valence-corrected chi connectivity index (χ4v) is 2.61. The van der Waals surface area contributed by atoms with Crippen molar-refractivity contribution in [2.45, 2.75) is 13.1 Å². The van der Waals surface area contributed by atoms with Gasteiger partial charge in [0.05, 0.1) is 19.3 Å². The molecule has 0 aliphatic carbocycles. The summed E-state index contributed by atoms with van der Waals surface area (Å²) in [6.45, 7) is 0.631. The molecule has 0 bridgehead atoms. The van der Waals surface area contributed by atoms with Crippen LogP contribution in [0.3, 0.4) is 0 Å². The van der Waals surface area contributed by atoms with Crippen LogP contribution in [-0.4, -0.2) is 18.9 Å². The molecule has 3 aromatic rings. The van der Waals surface area contributed by atoms with Crippen LogP contribution in [0.2, 0.25) is 0 Å². The number of hydrogen-bond donors (Lipinski definition) is 0. The number of aryl methyl sites for hydroxylation is 1. The van der Waals surface area contributed by atoms with Crippen molar-refractivity contribution < 1.29 is 0 Å². The summed E-state index contributed by atoms with van der Waals surface area (Å²) in [5.41, 5.74) is 1.16. The Balaban J connectivity index is 1.93. The normalized spacial score (nSPS) is 10.9. The molecule has 1 aromatic carbocycles. The molecule has 0 fully saturated rings. The van der Waals surface area contributed by atoms with Crippen LogP contribution in [0.25, 0.3) is 0 Å². The minimum atomic E-state index is -0.329. The molecule has 118 valence electrons. The highest BCUT2D eigenvalue weighted by Crippen LogP contribution is 2.10. The second-order valence-corrected chi connectivity index (χ2v) is 6.21. The molecular formula is C16H15BrN4O2. The van der Waals surface area contributed by atoms with Crippen LogP contribution < -0.4 is 11.2 Å². The van der Waals surface area contributed by atoms with Crippen molar-refractivity contribution in [2.24, 2.45) is 7.05 Å². The Hall–Kier alpha value is -2.41. The first kappa shape index (κ1) is 15.5. The van der Waals surface area contributed by atoms with E-state index >= 15 is 0 Å². The molecule has 0 aliphatic rings. The Bertz CT molecular complexity index is 938. The third-order valence-corrected chi connectivity index (χ3v) is 4.03. The monoisotopic (exact) mass is 374 g/mol. The van der Waals surface area contributed by atoms with Gasteiger partial charge in [0.25, 0.3) is 5.56 Å². The van der Waals surface area contributed by atoms with Crippen molar-refractivity contribution >= 4 is 15.9 Å². The lowest BCUT2D eigenvalue weighted by molar-refractivity contribution is 0.611. The van der Waals surface area contributed by atoms with Gasteiger partial charge in [-0.15, -0.1) is 0 Å². The van der Waals surface area contributed by atoms with E-state index in [9.17, 15) is 9.59 Å². The lowest BCUT2D eigenvalue weighted by atomic mass is 10.2. The van der Waals surface area contributed by atoms with E-state index in [1.807, 2.05) is 24.3 Å². The van der Waals surface area contributed by atoms with Crippen LogP contribution in [0, 0.1) is 0 Å². The molecule has 0 amide bonds. The van der Waals surface area contributed by atoms with Crippen LogP contribution in [0.1, 0.15) is 11.1 Å². The Labute approximate surface area is 140 Å². The lowest BCUT2D eigenvalue weighted by Crippen LogP contribution is -2.39. The van der Waals surface area contributed by atoms with E-state index < -0.39 is 0 Å². The highest BCUT2D eigenvalue weighted by atomic mass is 79.9. The summed E-state index contributed by atoms with van der Waals surface area (Å²) in [5.74, 6) is 0. The van der Waals surface area contributed by atoms with Gasteiger partial charge in [0.2, 0.25) is 0 Å². The second-order valence-electron chi connectivity index (χ2n) is 5.30. The summed E-state index contributed by atoms with van der Waals surface area (Å²) in [5, 5.41) is 4.06. The zero-order valence-corrected chi connectivity index (χ0v) is 14.1. The fourth-order valence-electron chi connectivity index (χ4n) is 2.35. The summed E-state index contributed by atoms with van der Waals surface area (Å²) in [6.07, 6.45) is 4.97. The molecule has 3 rings (SSSR count). The van der Waals surface area contributed by atoms with Crippen LogP contribution in [0.5, 0.6) is 0 Å². The van der Waals surface area contributed by atoms with Crippen molar-refractivity contribution in [3.05, 3.63) is 85.4 Å². The van der Waals surface area contributed by atoms with Gasteiger partial charge in [0.15, 0.2) is 0 Å². The molecule has 23 heavy (non-hydrogen) atoms. The lowest BCUT2D eigenvalue weighted by Gasteiger charge is -2.09. The van der Waals surface area contributed by atoms with Gasteiger partial charge < -0.3 is 0 Å². The summed E-state index contributed by atoms with van der Waals surface area (Å²) in [4.78, 5) is 24.6. The van der Waals surface area contributed by atoms with Crippen LogP contribution in [0.15, 0.2) is 63.0 Å². The van der Waals surface area contributed by atoms with Crippen LogP contribution >= 0.6 is 15.9 Å². The van der Waals surface area contributed by atoms with Gasteiger partial charge in [0.1, 0.15) is 0 Å². The van der Waals surface area contributed by atoms with Crippen molar-refractivity contribution in [3.8, 4) is 0 Å². The largest absolute Gasteiger partial charge is 0.331 e. The van der Waals surface area contributed by atoms with E-state index in [0.29, 0.717) is 6.54 Å². The molecule has 0 radical (unpaired) electrons. The standard InChI is InChI=1S/C16H15BrN4O2/c1-19-9-13(8-18-19)11-21-15(22)6-7-20(16(21)23)10-12-2-4-14(17)5-3-12/h2-9H,10-11H2,1H3. The predicted molar refractivity (Wildman–Crippen MR) is 90.5 cm³/mol. The van der Waals surface area contributed by atoms with E-state index in [1.165, 1.54) is 21.4 Å². The maximum absolute atomic E-state index is 12.6. The number of halogens is 1. The minimum absolute atomic E-state index is 0.215. The first-order valence-electron chi connectivity index (χ1n) is 7.05. The molecule has 0 atom stereocenters. The summed E-state index contributed by atoms with van der Waals surface area (Å²) in [6, 6.07) is 9.13.